The van der Waals surface area contributed by atoms with Crippen LogP contribution in [0.1, 0.15) is 41.3 Å². The van der Waals surface area contributed by atoms with E-state index in [-0.39, 0.29) is 16.7 Å². The summed E-state index contributed by atoms with van der Waals surface area (Å²) in [6.45, 7) is 6.16. The van der Waals surface area contributed by atoms with Crippen molar-refractivity contribution >= 4 is 27.3 Å². The van der Waals surface area contributed by atoms with Gasteiger partial charge in [0, 0.05) is 29.4 Å². The van der Waals surface area contributed by atoms with Gasteiger partial charge in [-0.1, -0.05) is 50.2 Å². The van der Waals surface area contributed by atoms with Crippen LogP contribution in [0.25, 0.3) is 11.1 Å². The molecule has 6 heteroatoms. The second kappa shape index (κ2) is 7.29. The Morgan fingerprint density at radius 3 is 2.43 bits per heavy atom. The van der Waals surface area contributed by atoms with Crippen LogP contribution in [0.2, 0.25) is 0 Å². The summed E-state index contributed by atoms with van der Waals surface area (Å²) in [6.07, 6.45) is 0. The van der Waals surface area contributed by atoms with Gasteiger partial charge in [-0.15, -0.1) is 0 Å². The normalized spacial score (nSPS) is 14.2. The van der Waals surface area contributed by atoms with Crippen LogP contribution in [0, 0.1) is 6.92 Å². The quantitative estimate of drug-likeness (QED) is 0.635. The van der Waals surface area contributed by atoms with Crippen LogP contribution < -0.4 is 9.62 Å². The van der Waals surface area contributed by atoms with Crippen molar-refractivity contribution in [2.24, 2.45) is 0 Å². The molecule has 1 aliphatic rings. The Balaban J connectivity index is 1.78. The van der Waals surface area contributed by atoms with Crippen molar-refractivity contribution in [1.29, 1.82) is 0 Å². The molecule has 3 aromatic carbocycles. The zero-order valence-electron chi connectivity index (χ0n) is 17.4. The molecule has 0 saturated heterocycles. The molecule has 4 rings (SSSR count). The molecule has 0 spiro atoms. The lowest BCUT2D eigenvalue weighted by Crippen LogP contribution is -2.30. The molecule has 1 heterocycles. The van der Waals surface area contributed by atoms with Gasteiger partial charge in [0.25, 0.3) is 15.9 Å². The third-order valence-corrected chi connectivity index (χ3v) is 7.41. The monoisotopic (exact) mass is 420 g/mol. The molecule has 0 saturated carbocycles. The average Bonchev–Trinajstić information content (AvgIpc) is 2.73. The first-order valence-electron chi connectivity index (χ1n) is 9.85. The van der Waals surface area contributed by atoms with Gasteiger partial charge in [0.15, 0.2) is 0 Å². The van der Waals surface area contributed by atoms with E-state index >= 15 is 0 Å². The molecule has 1 amide bonds. The summed E-state index contributed by atoms with van der Waals surface area (Å²) >= 11 is 0. The fourth-order valence-corrected chi connectivity index (χ4v) is 5.31. The Kier molecular flexibility index (Phi) is 4.90. The Labute approximate surface area is 177 Å². The van der Waals surface area contributed by atoms with Crippen molar-refractivity contribution in [2.75, 3.05) is 16.7 Å². The highest BCUT2D eigenvalue weighted by atomic mass is 32.2. The molecule has 0 bridgehead atoms. The molecule has 0 aliphatic carbocycles. The minimum atomic E-state index is -3.60. The van der Waals surface area contributed by atoms with Gasteiger partial charge < -0.3 is 5.32 Å². The Morgan fingerprint density at radius 2 is 1.70 bits per heavy atom. The van der Waals surface area contributed by atoms with E-state index in [4.69, 9.17) is 0 Å². The molecule has 30 heavy (non-hydrogen) atoms. The Hall–Kier alpha value is -3.12. The Bertz CT molecular complexity index is 1260. The van der Waals surface area contributed by atoms with Crippen LogP contribution in [0.15, 0.2) is 65.6 Å². The summed E-state index contributed by atoms with van der Waals surface area (Å²) in [5, 5.41) is 3.06. The maximum atomic E-state index is 13.1. The van der Waals surface area contributed by atoms with Crippen LogP contribution >= 0.6 is 0 Å². The van der Waals surface area contributed by atoms with Crippen molar-refractivity contribution < 1.29 is 13.2 Å². The van der Waals surface area contributed by atoms with E-state index < -0.39 is 10.0 Å². The summed E-state index contributed by atoms with van der Waals surface area (Å²) in [5.74, 6) is 0.0528. The van der Waals surface area contributed by atoms with Gasteiger partial charge in [0.1, 0.15) is 0 Å². The lowest BCUT2D eigenvalue weighted by Gasteiger charge is -2.29. The third-order valence-electron chi connectivity index (χ3n) is 5.58. The van der Waals surface area contributed by atoms with Gasteiger partial charge in [-0.05, 0) is 48.2 Å². The van der Waals surface area contributed by atoms with Gasteiger partial charge in [-0.2, -0.15) is 0 Å². The first-order valence-corrected chi connectivity index (χ1v) is 11.3. The summed E-state index contributed by atoms with van der Waals surface area (Å²) < 4.78 is 26.9. The maximum absolute atomic E-state index is 13.1. The van der Waals surface area contributed by atoms with Gasteiger partial charge >= 0.3 is 0 Å². The molecule has 154 valence electrons. The molecule has 5 nitrogen and oxygen atoms in total. The van der Waals surface area contributed by atoms with Crippen LogP contribution in [0.4, 0.5) is 11.4 Å². The van der Waals surface area contributed by atoms with Crippen molar-refractivity contribution in [2.45, 2.75) is 31.6 Å². The standard InChI is InChI=1S/C24H24N2O3S/c1-15(2)18-10-7-8-16(3)23(18)25-24(27)17-12-13-21-20(14-17)19-9-5-6-11-22(19)30(28,29)26(21)4/h5-15H,1-4H3,(H,25,27). The molecule has 1 N–H and O–H groups in total. The van der Waals surface area contributed by atoms with Gasteiger partial charge in [0.05, 0.1) is 10.6 Å². The number of hydrogen-bond acceptors (Lipinski definition) is 3. The van der Waals surface area contributed by atoms with Crippen LogP contribution in [0.3, 0.4) is 0 Å². The molecule has 1 aliphatic heterocycles. The lowest BCUT2D eigenvalue weighted by atomic mass is 9.97. The fraction of sp³-hybridized carbons (Fsp3) is 0.208. The van der Waals surface area contributed by atoms with Gasteiger partial charge in [0.2, 0.25) is 0 Å². The summed E-state index contributed by atoms with van der Waals surface area (Å²) in [4.78, 5) is 13.4. The van der Waals surface area contributed by atoms with Crippen LogP contribution in [-0.2, 0) is 10.0 Å². The zero-order valence-corrected chi connectivity index (χ0v) is 18.2. The number of carbonyl (C=O) groups excluding carboxylic acids is 1. The number of para-hydroxylation sites is 1. The van der Waals surface area contributed by atoms with E-state index in [0.717, 1.165) is 22.4 Å². The van der Waals surface area contributed by atoms with E-state index in [1.807, 2.05) is 25.1 Å². The predicted molar refractivity (Wildman–Crippen MR) is 121 cm³/mol. The summed E-state index contributed by atoms with van der Waals surface area (Å²) in [7, 11) is -2.07. The number of anilines is 2. The minimum absolute atomic E-state index is 0.220. The molecular weight excluding hydrogens is 396 g/mol. The second-order valence-electron chi connectivity index (χ2n) is 7.85. The number of sulfonamides is 1. The smallest absolute Gasteiger partial charge is 0.264 e. The molecule has 0 aromatic heterocycles. The first kappa shape index (κ1) is 20.2. The van der Waals surface area contributed by atoms with E-state index in [9.17, 15) is 13.2 Å². The van der Waals surface area contributed by atoms with Gasteiger partial charge in [-0.25, -0.2) is 8.42 Å². The highest BCUT2D eigenvalue weighted by Crippen LogP contribution is 2.42. The van der Waals surface area contributed by atoms with E-state index in [1.165, 1.54) is 11.4 Å². The summed E-state index contributed by atoms with van der Waals surface area (Å²) in [6, 6.07) is 18.0. The molecule has 0 atom stereocenters. The van der Waals surface area contributed by atoms with Gasteiger partial charge in [-0.3, -0.25) is 9.10 Å². The van der Waals surface area contributed by atoms with Crippen molar-refractivity contribution in [1.82, 2.24) is 0 Å². The number of aryl methyl sites for hydroxylation is 1. The van der Waals surface area contributed by atoms with E-state index in [1.54, 1.807) is 42.5 Å². The Morgan fingerprint density at radius 1 is 0.967 bits per heavy atom. The average molecular weight is 421 g/mol. The lowest BCUT2D eigenvalue weighted by molar-refractivity contribution is 0.102. The van der Waals surface area contributed by atoms with E-state index in [0.29, 0.717) is 16.8 Å². The topological polar surface area (TPSA) is 66.5 Å². The number of carbonyl (C=O) groups is 1. The van der Waals surface area contributed by atoms with Crippen LogP contribution in [-0.4, -0.2) is 21.4 Å². The van der Waals surface area contributed by atoms with Crippen LogP contribution in [0.5, 0.6) is 0 Å². The predicted octanol–water partition coefficient (Wildman–Crippen LogP) is 5.18. The van der Waals surface area contributed by atoms with Crippen molar-refractivity contribution in [3.8, 4) is 11.1 Å². The van der Waals surface area contributed by atoms with Crippen molar-refractivity contribution in [3.63, 3.8) is 0 Å². The molecule has 0 radical (unpaired) electrons. The molecule has 0 unspecified atom stereocenters. The second-order valence-corrected chi connectivity index (χ2v) is 9.79. The number of amides is 1. The highest BCUT2D eigenvalue weighted by molar-refractivity contribution is 7.93. The molecular formula is C24H24N2O3S. The fourth-order valence-electron chi connectivity index (χ4n) is 3.89. The molecule has 0 fully saturated rings. The number of nitrogens with zero attached hydrogens (tertiary/aromatic N) is 1. The number of hydrogen-bond donors (Lipinski definition) is 1. The largest absolute Gasteiger partial charge is 0.321 e. The third kappa shape index (κ3) is 3.17. The number of fused-ring (bicyclic) bond motifs is 3. The van der Waals surface area contributed by atoms with Crippen molar-refractivity contribution in [3.05, 3.63) is 77.4 Å². The number of nitrogens with one attached hydrogen (secondary N) is 1. The minimum Gasteiger partial charge on any atom is -0.321 e. The summed E-state index contributed by atoms with van der Waals surface area (Å²) in [5.41, 5.74) is 5.29. The number of rotatable bonds is 3. The van der Waals surface area contributed by atoms with E-state index in [2.05, 4.69) is 19.2 Å². The molecule has 3 aromatic rings. The maximum Gasteiger partial charge on any atom is 0.264 e. The number of benzene rings is 3. The zero-order chi connectivity index (χ0) is 21.6. The SMILES string of the molecule is Cc1cccc(C(C)C)c1NC(=O)c1ccc2c(c1)-c1ccccc1S(=O)(=O)N2C. The highest BCUT2D eigenvalue weighted by Gasteiger charge is 2.32. The first-order chi connectivity index (χ1) is 14.2.